The van der Waals surface area contributed by atoms with Gasteiger partial charge in [0.25, 0.3) is 5.56 Å². The zero-order valence-electron chi connectivity index (χ0n) is 17.4. The van der Waals surface area contributed by atoms with Crippen molar-refractivity contribution < 1.29 is 0 Å². The molecule has 0 unspecified atom stereocenters. The van der Waals surface area contributed by atoms with E-state index in [0.717, 1.165) is 42.0 Å². The van der Waals surface area contributed by atoms with Crippen LogP contribution in [0.2, 0.25) is 0 Å². The number of rotatable bonds is 2. The molecule has 0 N–H and O–H groups in total. The molecule has 0 saturated heterocycles. The second-order valence-corrected chi connectivity index (χ2v) is 8.56. The molecular weight excluding hydrogens is 386 g/mol. The van der Waals surface area contributed by atoms with Crippen molar-refractivity contribution in [3.63, 3.8) is 0 Å². The summed E-state index contributed by atoms with van der Waals surface area (Å²) in [4.78, 5) is 18.5. The van der Waals surface area contributed by atoms with E-state index in [9.17, 15) is 4.79 Å². The molecule has 1 aliphatic carbocycles. The average molecular weight is 409 g/mol. The number of aromatic nitrogens is 4. The predicted octanol–water partition coefficient (Wildman–Crippen LogP) is 4.43. The Morgan fingerprint density at radius 3 is 2.45 bits per heavy atom. The summed E-state index contributed by atoms with van der Waals surface area (Å²) in [6.45, 7) is 2.08. The summed E-state index contributed by atoms with van der Waals surface area (Å²) in [6, 6.07) is 18.3. The minimum absolute atomic E-state index is 0.143. The molecule has 2 aromatic heterocycles. The van der Waals surface area contributed by atoms with Gasteiger partial charge in [0.15, 0.2) is 5.65 Å². The number of benzene rings is 2. The van der Waals surface area contributed by atoms with Crippen LogP contribution in [0, 0.1) is 12.8 Å². The van der Waals surface area contributed by atoms with Gasteiger partial charge in [0, 0.05) is 11.8 Å². The Morgan fingerprint density at radius 1 is 0.935 bits per heavy atom. The lowest BCUT2D eigenvalue weighted by atomic mass is 9.74. The first-order valence-electron chi connectivity index (χ1n) is 10.9. The molecule has 2 atom stereocenters. The van der Waals surface area contributed by atoms with Crippen molar-refractivity contribution in [2.75, 3.05) is 0 Å². The minimum Gasteiger partial charge on any atom is -0.266 e. The van der Waals surface area contributed by atoms with Crippen LogP contribution < -0.4 is 5.56 Å². The highest BCUT2D eigenvalue weighted by Crippen LogP contribution is 2.41. The Labute approximate surface area is 179 Å². The molecule has 4 aromatic rings. The molecule has 6 nitrogen and oxygen atoms in total. The smallest absolute Gasteiger partial charge is 0.266 e. The van der Waals surface area contributed by atoms with E-state index in [4.69, 9.17) is 10.1 Å². The molecule has 1 fully saturated rings. The quantitative estimate of drug-likeness (QED) is 0.492. The van der Waals surface area contributed by atoms with Crippen molar-refractivity contribution in [3.05, 3.63) is 88.1 Å². The normalized spacial score (nSPS) is 20.2. The third-order valence-electron chi connectivity index (χ3n) is 6.61. The van der Waals surface area contributed by atoms with E-state index in [0.29, 0.717) is 11.0 Å². The zero-order chi connectivity index (χ0) is 20.9. The minimum atomic E-state index is -0.143. The molecule has 3 heterocycles. The number of nitrogens with zero attached hydrogens (tertiary/aromatic N) is 5. The first-order chi connectivity index (χ1) is 15.2. The van der Waals surface area contributed by atoms with Gasteiger partial charge in [-0.25, -0.2) is 9.67 Å². The molecule has 0 spiro atoms. The summed E-state index contributed by atoms with van der Waals surface area (Å²) in [7, 11) is 0. The lowest BCUT2D eigenvalue weighted by Gasteiger charge is -2.36. The highest BCUT2D eigenvalue weighted by Gasteiger charge is 2.38. The van der Waals surface area contributed by atoms with Crippen LogP contribution >= 0.6 is 0 Å². The molecule has 0 radical (unpaired) electrons. The van der Waals surface area contributed by atoms with Gasteiger partial charge < -0.3 is 0 Å². The standard InChI is InChI=1S/C25H23N5O/c1-16-11-13-17(14-12-16)22-19-9-5-6-10-20(19)23-27-24-21(25(31)30(23)28-22)15-26-29(24)18-7-3-2-4-8-18/h2-4,7-8,11-15,19-20H,5-6,9-10H2,1H3/t19-,20+/m0/s1. The number of hydrogen-bond acceptors (Lipinski definition) is 4. The van der Waals surface area contributed by atoms with E-state index in [-0.39, 0.29) is 17.4 Å². The maximum Gasteiger partial charge on any atom is 0.285 e. The molecule has 6 heteroatoms. The van der Waals surface area contributed by atoms with Gasteiger partial charge in [-0.1, -0.05) is 60.9 Å². The number of aryl methyl sites for hydroxylation is 1. The fraction of sp³-hybridized carbons (Fsp3) is 0.280. The molecule has 31 heavy (non-hydrogen) atoms. The molecule has 2 aliphatic rings. The van der Waals surface area contributed by atoms with Crippen molar-refractivity contribution in [2.24, 2.45) is 11.0 Å². The summed E-state index contributed by atoms with van der Waals surface area (Å²) in [6.07, 6.45) is 6.03. The molecule has 2 aromatic carbocycles. The second kappa shape index (κ2) is 7.01. The van der Waals surface area contributed by atoms with Crippen molar-refractivity contribution in [1.82, 2.24) is 19.4 Å². The third-order valence-corrected chi connectivity index (χ3v) is 6.61. The molecule has 154 valence electrons. The van der Waals surface area contributed by atoms with Gasteiger partial charge in [-0.15, -0.1) is 0 Å². The summed E-state index contributed by atoms with van der Waals surface area (Å²) in [5, 5.41) is 9.86. The molecule has 6 rings (SSSR count). The molecular formula is C25H23N5O. The SMILES string of the molecule is Cc1ccc(C2=Nn3c(nc4c(cnn4-c4ccccc4)c3=O)[C@@H]3CCCC[C@H]23)cc1. The number of fused-ring (bicyclic) bond motifs is 4. The zero-order valence-corrected chi connectivity index (χ0v) is 17.4. The maximum absolute atomic E-state index is 13.5. The van der Waals surface area contributed by atoms with E-state index in [1.165, 1.54) is 12.0 Å². The van der Waals surface area contributed by atoms with E-state index in [1.807, 2.05) is 30.3 Å². The Hall–Kier alpha value is -3.54. The Morgan fingerprint density at radius 2 is 1.68 bits per heavy atom. The summed E-state index contributed by atoms with van der Waals surface area (Å²) < 4.78 is 3.30. The molecule has 0 amide bonds. The number of hydrogen-bond donors (Lipinski definition) is 0. The van der Waals surface area contributed by atoms with Crippen molar-refractivity contribution in [1.29, 1.82) is 0 Å². The van der Waals surface area contributed by atoms with Crippen LogP contribution in [0.5, 0.6) is 0 Å². The van der Waals surface area contributed by atoms with Crippen LogP contribution in [-0.4, -0.2) is 25.2 Å². The first-order valence-corrected chi connectivity index (χ1v) is 10.9. The highest BCUT2D eigenvalue weighted by molar-refractivity contribution is 6.03. The average Bonchev–Trinajstić information content (AvgIpc) is 3.24. The van der Waals surface area contributed by atoms with Crippen LogP contribution in [0.4, 0.5) is 0 Å². The van der Waals surface area contributed by atoms with E-state index >= 15 is 0 Å². The van der Waals surface area contributed by atoms with Gasteiger partial charge >= 0.3 is 0 Å². The Balaban J connectivity index is 1.59. The van der Waals surface area contributed by atoms with Gasteiger partial charge in [-0.2, -0.15) is 14.9 Å². The van der Waals surface area contributed by atoms with Crippen LogP contribution in [0.1, 0.15) is 48.6 Å². The largest absolute Gasteiger partial charge is 0.285 e. The lowest BCUT2D eigenvalue weighted by Crippen LogP contribution is -2.38. The Bertz CT molecular complexity index is 1370. The highest BCUT2D eigenvalue weighted by atomic mass is 16.1. The van der Waals surface area contributed by atoms with E-state index in [1.54, 1.807) is 15.6 Å². The summed E-state index contributed by atoms with van der Waals surface area (Å²) in [5.41, 5.74) is 4.69. The van der Waals surface area contributed by atoms with Crippen LogP contribution in [0.25, 0.3) is 16.7 Å². The molecule has 0 bridgehead atoms. The van der Waals surface area contributed by atoms with Crippen molar-refractivity contribution in [3.8, 4) is 5.69 Å². The predicted molar refractivity (Wildman–Crippen MR) is 121 cm³/mol. The fourth-order valence-corrected chi connectivity index (χ4v) is 5.01. The summed E-state index contributed by atoms with van der Waals surface area (Å²) in [5.74, 6) is 1.25. The Kier molecular flexibility index (Phi) is 4.13. The van der Waals surface area contributed by atoms with Crippen LogP contribution in [0.15, 0.2) is 70.7 Å². The van der Waals surface area contributed by atoms with Crippen LogP contribution in [-0.2, 0) is 0 Å². The third kappa shape index (κ3) is 2.86. The van der Waals surface area contributed by atoms with Gasteiger partial charge in [-0.3, -0.25) is 4.79 Å². The lowest BCUT2D eigenvalue weighted by molar-refractivity contribution is 0.345. The van der Waals surface area contributed by atoms with Crippen molar-refractivity contribution >= 4 is 16.7 Å². The fourth-order valence-electron chi connectivity index (χ4n) is 5.01. The first kappa shape index (κ1) is 18.2. The van der Waals surface area contributed by atoms with Gasteiger partial charge in [0.05, 0.1) is 17.6 Å². The molecule has 1 saturated carbocycles. The monoisotopic (exact) mass is 409 g/mol. The second-order valence-electron chi connectivity index (χ2n) is 8.56. The van der Waals surface area contributed by atoms with Gasteiger partial charge in [0.1, 0.15) is 11.2 Å². The van der Waals surface area contributed by atoms with Gasteiger partial charge in [-0.05, 0) is 37.5 Å². The van der Waals surface area contributed by atoms with Gasteiger partial charge in [0.2, 0.25) is 0 Å². The summed E-state index contributed by atoms with van der Waals surface area (Å²) >= 11 is 0. The van der Waals surface area contributed by atoms with Crippen molar-refractivity contribution in [2.45, 2.75) is 38.5 Å². The van der Waals surface area contributed by atoms with Crippen LogP contribution in [0.3, 0.4) is 0 Å². The maximum atomic E-state index is 13.5. The van der Waals surface area contributed by atoms with E-state index < -0.39 is 0 Å². The molecule has 1 aliphatic heterocycles. The topological polar surface area (TPSA) is 65.1 Å². The number of para-hydroxylation sites is 1. The van der Waals surface area contributed by atoms with E-state index in [2.05, 4.69) is 36.3 Å².